The lowest BCUT2D eigenvalue weighted by Crippen LogP contribution is -2.45. The highest BCUT2D eigenvalue weighted by Crippen LogP contribution is 2.30. The maximum absolute atomic E-state index is 13.1. The zero-order chi connectivity index (χ0) is 25.2. The van der Waals surface area contributed by atoms with Crippen LogP contribution < -0.4 is 10.6 Å². The number of rotatable bonds is 5. The third-order valence-corrected chi connectivity index (χ3v) is 7.06. The van der Waals surface area contributed by atoms with E-state index in [4.69, 9.17) is 11.6 Å². The van der Waals surface area contributed by atoms with Crippen molar-refractivity contribution in [2.45, 2.75) is 23.5 Å². The molecule has 0 aliphatic carbocycles. The fourth-order valence-corrected chi connectivity index (χ4v) is 5.06. The third kappa shape index (κ3) is 5.82. The molecule has 2 atom stereocenters. The summed E-state index contributed by atoms with van der Waals surface area (Å²) in [6, 6.07) is 18.7. The van der Waals surface area contributed by atoms with Crippen molar-refractivity contribution in [3.63, 3.8) is 0 Å². The molecule has 0 saturated carbocycles. The van der Waals surface area contributed by atoms with Crippen LogP contribution in [0.3, 0.4) is 0 Å². The molecule has 0 spiro atoms. The van der Waals surface area contributed by atoms with Crippen LogP contribution in [0.25, 0.3) is 11.1 Å². The van der Waals surface area contributed by atoms with E-state index in [1.165, 1.54) is 11.0 Å². The molecule has 3 aromatic rings. The van der Waals surface area contributed by atoms with Gasteiger partial charge in [0.15, 0.2) is 9.84 Å². The fraction of sp³-hybridized carbons (Fsp3) is 0.200. The predicted molar refractivity (Wildman–Crippen MR) is 135 cm³/mol. The molecule has 10 heteroatoms. The molecule has 1 aliphatic rings. The lowest BCUT2D eigenvalue weighted by Gasteiger charge is -2.24. The number of carbonyl (C=O) groups is 2. The van der Waals surface area contributed by atoms with Gasteiger partial charge in [0, 0.05) is 41.2 Å². The van der Waals surface area contributed by atoms with Crippen molar-refractivity contribution in [3.8, 4) is 11.1 Å². The van der Waals surface area contributed by atoms with Crippen LogP contribution >= 0.6 is 11.6 Å². The molecule has 182 valence electrons. The zero-order valence-electron chi connectivity index (χ0n) is 18.8. The van der Waals surface area contributed by atoms with Crippen LogP contribution in [-0.2, 0) is 14.6 Å². The van der Waals surface area contributed by atoms with Crippen LogP contribution in [0.15, 0.2) is 77.7 Å². The molecule has 4 rings (SSSR count). The Balaban J connectivity index is 1.55. The summed E-state index contributed by atoms with van der Waals surface area (Å²) in [5, 5.41) is 16.1. The van der Waals surface area contributed by atoms with Crippen molar-refractivity contribution in [1.82, 2.24) is 4.90 Å². The minimum absolute atomic E-state index is 0.0148. The number of anilines is 2. The molecule has 3 N–H and O–H groups in total. The fourth-order valence-electron chi connectivity index (χ4n) is 4.00. The van der Waals surface area contributed by atoms with Crippen LogP contribution in [0, 0.1) is 0 Å². The minimum atomic E-state index is -3.60. The predicted octanol–water partition coefficient (Wildman–Crippen LogP) is 4.02. The van der Waals surface area contributed by atoms with Gasteiger partial charge in [0.25, 0.3) is 0 Å². The van der Waals surface area contributed by atoms with Gasteiger partial charge in [0.1, 0.15) is 6.04 Å². The first-order chi connectivity index (χ1) is 16.6. The molecule has 8 nitrogen and oxygen atoms in total. The van der Waals surface area contributed by atoms with Gasteiger partial charge in [-0.25, -0.2) is 13.2 Å². The van der Waals surface area contributed by atoms with E-state index in [0.717, 1.165) is 11.8 Å². The maximum atomic E-state index is 13.1. The number of urea groups is 1. The summed E-state index contributed by atoms with van der Waals surface area (Å²) in [6.45, 7) is -0.0148. The molecular weight excluding hydrogens is 490 g/mol. The van der Waals surface area contributed by atoms with Gasteiger partial charge in [-0.05, 0) is 42.0 Å². The monoisotopic (exact) mass is 513 g/mol. The maximum Gasteiger partial charge on any atom is 0.322 e. The largest absolute Gasteiger partial charge is 0.391 e. The van der Waals surface area contributed by atoms with Gasteiger partial charge in [0.05, 0.1) is 11.0 Å². The second-order valence-electron chi connectivity index (χ2n) is 8.33. The highest BCUT2D eigenvalue weighted by molar-refractivity contribution is 7.90. The van der Waals surface area contributed by atoms with E-state index in [1.54, 1.807) is 48.5 Å². The minimum Gasteiger partial charge on any atom is -0.391 e. The lowest BCUT2D eigenvalue weighted by atomic mass is 10.1. The number of nitrogens with zero attached hydrogens (tertiary/aromatic N) is 1. The van der Waals surface area contributed by atoms with E-state index in [0.29, 0.717) is 16.3 Å². The van der Waals surface area contributed by atoms with Crippen LogP contribution in [0.5, 0.6) is 0 Å². The van der Waals surface area contributed by atoms with Gasteiger partial charge in [-0.3, -0.25) is 4.79 Å². The first kappa shape index (κ1) is 24.7. The van der Waals surface area contributed by atoms with Crippen molar-refractivity contribution in [1.29, 1.82) is 0 Å². The summed E-state index contributed by atoms with van der Waals surface area (Å²) in [5.74, 6) is -0.528. The Hall–Kier alpha value is -3.40. The number of likely N-dealkylation sites (tertiary alicyclic amines) is 1. The Labute approximate surface area is 208 Å². The van der Waals surface area contributed by atoms with E-state index in [-0.39, 0.29) is 23.5 Å². The highest BCUT2D eigenvalue weighted by atomic mass is 35.5. The first-order valence-electron chi connectivity index (χ1n) is 10.8. The molecule has 1 fully saturated rings. The molecule has 0 aromatic heterocycles. The van der Waals surface area contributed by atoms with E-state index in [1.807, 2.05) is 18.2 Å². The van der Waals surface area contributed by atoms with Crippen molar-refractivity contribution in [3.05, 3.63) is 77.8 Å². The van der Waals surface area contributed by atoms with Gasteiger partial charge in [-0.1, -0.05) is 48.0 Å². The Bertz CT molecular complexity index is 1350. The topological polar surface area (TPSA) is 116 Å². The molecule has 0 unspecified atom stereocenters. The second kappa shape index (κ2) is 10.1. The zero-order valence-corrected chi connectivity index (χ0v) is 20.4. The summed E-state index contributed by atoms with van der Waals surface area (Å²) in [5.41, 5.74) is 2.02. The van der Waals surface area contributed by atoms with Gasteiger partial charge in [-0.15, -0.1) is 0 Å². The number of amides is 3. The summed E-state index contributed by atoms with van der Waals surface area (Å²) in [6.07, 6.45) is 0.297. The number of aliphatic hydroxyl groups excluding tert-OH is 1. The number of aliphatic hydroxyl groups is 1. The summed E-state index contributed by atoms with van der Waals surface area (Å²) in [4.78, 5) is 27.2. The number of benzene rings is 3. The Morgan fingerprint density at radius 3 is 2.29 bits per heavy atom. The van der Waals surface area contributed by atoms with Gasteiger partial charge in [0.2, 0.25) is 5.91 Å². The quantitative estimate of drug-likeness (QED) is 0.476. The Morgan fingerprint density at radius 1 is 0.971 bits per heavy atom. The molecule has 0 radical (unpaired) electrons. The van der Waals surface area contributed by atoms with Crippen LogP contribution in [0.2, 0.25) is 5.02 Å². The highest BCUT2D eigenvalue weighted by Gasteiger charge is 2.39. The molecule has 1 saturated heterocycles. The number of hydrogen-bond acceptors (Lipinski definition) is 5. The molecule has 3 aromatic carbocycles. The smallest absolute Gasteiger partial charge is 0.322 e. The summed E-state index contributed by atoms with van der Waals surface area (Å²) < 4.78 is 25.0. The Morgan fingerprint density at radius 2 is 1.63 bits per heavy atom. The van der Waals surface area contributed by atoms with Crippen LogP contribution in [0.1, 0.15) is 6.42 Å². The molecule has 0 bridgehead atoms. The molecule has 1 aliphatic heterocycles. The molecule has 35 heavy (non-hydrogen) atoms. The van der Waals surface area contributed by atoms with E-state index >= 15 is 0 Å². The van der Waals surface area contributed by atoms with E-state index in [2.05, 4.69) is 10.6 Å². The van der Waals surface area contributed by atoms with Gasteiger partial charge < -0.3 is 20.6 Å². The van der Waals surface area contributed by atoms with Crippen molar-refractivity contribution < 1.29 is 23.1 Å². The molecule has 3 amide bonds. The van der Waals surface area contributed by atoms with Crippen molar-refractivity contribution in [2.75, 3.05) is 23.4 Å². The summed E-state index contributed by atoms with van der Waals surface area (Å²) in [7, 11) is -3.60. The number of nitrogens with one attached hydrogen (secondary N) is 2. The Kier molecular flexibility index (Phi) is 7.11. The number of β-amino-alcohol motifs (C(OH)–C–C–N with tert-alkyl or cyclic N) is 1. The standard InChI is InChI=1S/C25H24ClN3O5S/c1-35(33,34)23-13-19(11-12-21(23)16-5-3-2-4-6-16)27-24(31)22-14-20(30)15-29(22)25(32)28-18-9-7-17(26)8-10-18/h2-13,20,22,30H,14-15H2,1H3,(H,27,31)(H,28,32)/t20-,22-/m1/s1. The van der Waals surface area contributed by atoms with Gasteiger partial charge >= 0.3 is 6.03 Å². The van der Waals surface area contributed by atoms with Crippen LogP contribution in [0.4, 0.5) is 16.2 Å². The third-order valence-electron chi connectivity index (χ3n) is 5.67. The number of carbonyl (C=O) groups excluding carboxylic acids is 2. The van der Waals surface area contributed by atoms with Crippen LogP contribution in [-0.4, -0.2) is 55.3 Å². The average Bonchev–Trinajstić information content (AvgIpc) is 3.22. The first-order valence-corrected chi connectivity index (χ1v) is 13.1. The lowest BCUT2D eigenvalue weighted by molar-refractivity contribution is -0.119. The normalized spacial score (nSPS) is 17.7. The van der Waals surface area contributed by atoms with E-state index < -0.39 is 33.9 Å². The molecular formula is C25H24ClN3O5S. The number of sulfone groups is 1. The number of hydrogen-bond donors (Lipinski definition) is 3. The average molecular weight is 514 g/mol. The van der Waals surface area contributed by atoms with Crippen molar-refractivity contribution >= 4 is 44.8 Å². The van der Waals surface area contributed by atoms with Crippen molar-refractivity contribution in [2.24, 2.45) is 0 Å². The van der Waals surface area contributed by atoms with Gasteiger partial charge in [-0.2, -0.15) is 0 Å². The second-order valence-corrected chi connectivity index (χ2v) is 10.8. The van der Waals surface area contributed by atoms with E-state index in [9.17, 15) is 23.1 Å². The summed E-state index contributed by atoms with van der Waals surface area (Å²) >= 11 is 5.87. The molecule has 1 heterocycles. The number of halogens is 1. The SMILES string of the molecule is CS(=O)(=O)c1cc(NC(=O)[C@H]2C[C@@H](O)CN2C(=O)Nc2ccc(Cl)cc2)ccc1-c1ccccc1.